The zero-order chi connectivity index (χ0) is 28.1. The lowest BCUT2D eigenvalue weighted by molar-refractivity contribution is -0.137. The highest BCUT2D eigenvalue weighted by Gasteiger charge is 2.30. The van der Waals surface area contributed by atoms with Crippen LogP contribution in [0.2, 0.25) is 0 Å². The molecule has 0 aliphatic carbocycles. The number of pyridine rings is 1. The first-order chi connectivity index (χ1) is 18.3. The Morgan fingerprint density at radius 3 is 2.13 bits per heavy atom. The fraction of sp³-hybridized carbons (Fsp3) is 0.143. The number of hydrogen-bond acceptors (Lipinski definition) is 5. The molecule has 0 aliphatic rings. The summed E-state index contributed by atoms with van der Waals surface area (Å²) in [6, 6.07) is 18.3. The van der Waals surface area contributed by atoms with Crippen LogP contribution < -0.4 is 10.3 Å². The van der Waals surface area contributed by atoms with Crippen LogP contribution in [0.1, 0.15) is 16.7 Å². The van der Waals surface area contributed by atoms with Gasteiger partial charge in [0.05, 0.1) is 16.0 Å². The summed E-state index contributed by atoms with van der Waals surface area (Å²) < 4.78 is 74.0. The van der Waals surface area contributed by atoms with Gasteiger partial charge in [0.2, 0.25) is 0 Å². The molecule has 0 N–H and O–H groups in total. The van der Waals surface area contributed by atoms with Crippen molar-refractivity contribution in [3.05, 3.63) is 106 Å². The quantitative estimate of drug-likeness (QED) is 0.264. The SMILES string of the molecule is Cc1ccc(S(=O)(=O)n2nc(-c3cc(C)cc(Oc4ccc(C(F)(F)F)cc4)c3)c3c2ccc(=O)n3C)cc1. The van der Waals surface area contributed by atoms with E-state index >= 15 is 0 Å². The normalized spacial score (nSPS) is 12.2. The van der Waals surface area contributed by atoms with E-state index in [0.717, 1.165) is 27.3 Å². The zero-order valence-electron chi connectivity index (χ0n) is 21.0. The molecule has 5 aromatic rings. The molecule has 0 aliphatic heterocycles. The molecule has 11 heteroatoms. The van der Waals surface area contributed by atoms with Crippen LogP contribution in [0, 0.1) is 13.8 Å². The molecule has 0 radical (unpaired) electrons. The largest absolute Gasteiger partial charge is 0.457 e. The molecule has 0 atom stereocenters. The third-order valence-corrected chi connectivity index (χ3v) is 7.80. The molecule has 39 heavy (non-hydrogen) atoms. The van der Waals surface area contributed by atoms with Crippen LogP contribution in [-0.4, -0.2) is 22.2 Å². The zero-order valence-corrected chi connectivity index (χ0v) is 21.8. The van der Waals surface area contributed by atoms with Crippen molar-refractivity contribution in [1.29, 1.82) is 0 Å². The summed E-state index contributed by atoms with van der Waals surface area (Å²) in [4.78, 5) is 12.6. The summed E-state index contributed by atoms with van der Waals surface area (Å²) >= 11 is 0. The molecule has 0 bridgehead atoms. The lowest BCUT2D eigenvalue weighted by atomic mass is 10.1. The van der Waals surface area contributed by atoms with Gasteiger partial charge in [0.15, 0.2) is 0 Å². The smallest absolute Gasteiger partial charge is 0.416 e. The standard InChI is InChI=1S/C28H22F3N3O4S/c1-17-4-10-23(11-5-17)39(36,37)34-24-12-13-25(35)33(3)27(24)26(32-34)19-14-18(2)15-22(16-19)38-21-8-6-20(7-9-21)28(29,30)31/h4-16H,1-3H3. The van der Waals surface area contributed by atoms with Crippen molar-refractivity contribution in [3.8, 4) is 22.8 Å². The Bertz CT molecular complexity index is 1870. The Balaban J connectivity index is 1.64. The number of rotatable bonds is 5. The third-order valence-electron chi connectivity index (χ3n) is 6.20. The van der Waals surface area contributed by atoms with E-state index in [1.807, 2.05) is 6.92 Å². The summed E-state index contributed by atoms with van der Waals surface area (Å²) in [6.07, 6.45) is -4.47. The van der Waals surface area contributed by atoms with Crippen LogP contribution in [0.5, 0.6) is 11.5 Å². The summed E-state index contributed by atoms with van der Waals surface area (Å²) in [6.45, 7) is 3.63. The van der Waals surface area contributed by atoms with Crippen molar-refractivity contribution in [2.75, 3.05) is 0 Å². The van der Waals surface area contributed by atoms with E-state index in [1.54, 1.807) is 37.3 Å². The van der Waals surface area contributed by atoms with Gasteiger partial charge in [0, 0.05) is 18.7 Å². The predicted molar refractivity (Wildman–Crippen MR) is 140 cm³/mol. The number of hydrogen-bond donors (Lipinski definition) is 0. The van der Waals surface area contributed by atoms with Gasteiger partial charge < -0.3 is 9.30 Å². The van der Waals surface area contributed by atoms with Crippen LogP contribution in [-0.2, 0) is 23.2 Å². The molecule has 0 saturated heterocycles. The van der Waals surface area contributed by atoms with Crippen LogP contribution in [0.4, 0.5) is 13.2 Å². The first-order valence-corrected chi connectivity index (χ1v) is 13.2. The van der Waals surface area contributed by atoms with Crippen molar-refractivity contribution < 1.29 is 26.3 Å². The predicted octanol–water partition coefficient (Wildman–Crippen LogP) is 6.07. The summed E-state index contributed by atoms with van der Waals surface area (Å²) in [5.41, 5.74) is 1.64. The molecule has 0 amide bonds. The van der Waals surface area contributed by atoms with Crippen molar-refractivity contribution >= 4 is 21.1 Å². The summed E-state index contributed by atoms with van der Waals surface area (Å²) in [7, 11) is -2.60. The van der Waals surface area contributed by atoms with Gasteiger partial charge in [-0.15, -0.1) is 0 Å². The van der Waals surface area contributed by atoms with Crippen LogP contribution in [0.3, 0.4) is 0 Å². The Kier molecular flexibility index (Phi) is 6.34. The molecule has 3 aromatic carbocycles. The highest BCUT2D eigenvalue weighted by molar-refractivity contribution is 7.90. The van der Waals surface area contributed by atoms with E-state index in [-0.39, 0.29) is 27.4 Å². The Morgan fingerprint density at radius 2 is 1.49 bits per heavy atom. The molecule has 7 nitrogen and oxygen atoms in total. The number of aryl methyl sites for hydroxylation is 3. The van der Waals surface area contributed by atoms with Gasteiger partial charge in [-0.2, -0.15) is 30.8 Å². The number of ether oxygens (including phenoxy) is 1. The van der Waals surface area contributed by atoms with E-state index in [9.17, 15) is 26.4 Å². The second-order valence-corrected chi connectivity index (χ2v) is 10.9. The van der Waals surface area contributed by atoms with Crippen LogP contribution >= 0.6 is 0 Å². The highest BCUT2D eigenvalue weighted by Crippen LogP contribution is 2.35. The van der Waals surface area contributed by atoms with Crippen molar-refractivity contribution in [2.24, 2.45) is 7.05 Å². The second kappa shape index (κ2) is 9.42. The number of aromatic nitrogens is 3. The van der Waals surface area contributed by atoms with Gasteiger partial charge in [0.25, 0.3) is 15.6 Å². The fourth-order valence-electron chi connectivity index (χ4n) is 4.23. The van der Waals surface area contributed by atoms with E-state index in [2.05, 4.69) is 5.10 Å². The molecule has 2 heterocycles. The van der Waals surface area contributed by atoms with Gasteiger partial charge >= 0.3 is 6.18 Å². The molecular weight excluding hydrogens is 531 g/mol. The summed E-state index contributed by atoms with van der Waals surface area (Å²) in [5.74, 6) is 0.485. The van der Waals surface area contributed by atoms with Gasteiger partial charge in [-0.3, -0.25) is 4.79 Å². The minimum atomic E-state index is -4.47. The van der Waals surface area contributed by atoms with Crippen molar-refractivity contribution in [3.63, 3.8) is 0 Å². The molecule has 0 unspecified atom stereocenters. The number of fused-ring (bicyclic) bond motifs is 1. The maximum atomic E-state index is 13.6. The molecular formula is C28H22F3N3O4S. The Morgan fingerprint density at radius 1 is 0.821 bits per heavy atom. The van der Waals surface area contributed by atoms with Gasteiger partial charge in [-0.1, -0.05) is 17.7 Å². The lowest BCUT2D eigenvalue weighted by Crippen LogP contribution is -2.17. The monoisotopic (exact) mass is 553 g/mol. The van der Waals surface area contributed by atoms with Gasteiger partial charge in [-0.05, 0) is 80.1 Å². The van der Waals surface area contributed by atoms with E-state index in [1.165, 1.54) is 48.0 Å². The molecule has 0 saturated carbocycles. The minimum absolute atomic E-state index is 0.0356. The number of alkyl halides is 3. The first kappa shape index (κ1) is 26.2. The van der Waals surface area contributed by atoms with Crippen LogP contribution in [0.15, 0.2) is 88.6 Å². The fourth-order valence-corrected chi connectivity index (χ4v) is 5.50. The average molecular weight is 554 g/mol. The Labute approximate surface area is 221 Å². The molecule has 200 valence electrons. The number of halogens is 3. The lowest BCUT2D eigenvalue weighted by Gasteiger charge is -2.11. The van der Waals surface area contributed by atoms with E-state index in [4.69, 9.17) is 4.74 Å². The second-order valence-electron chi connectivity index (χ2n) is 9.13. The minimum Gasteiger partial charge on any atom is -0.457 e. The van der Waals surface area contributed by atoms with Crippen LogP contribution in [0.25, 0.3) is 22.3 Å². The highest BCUT2D eigenvalue weighted by atomic mass is 32.2. The van der Waals surface area contributed by atoms with E-state index in [0.29, 0.717) is 16.8 Å². The Hall–Kier alpha value is -4.38. The van der Waals surface area contributed by atoms with Crippen molar-refractivity contribution in [1.82, 2.24) is 13.8 Å². The van der Waals surface area contributed by atoms with Gasteiger partial charge in [0.1, 0.15) is 22.7 Å². The number of benzene rings is 3. The molecule has 5 rings (SSSR count). The van der Waals surface area contributed by atoms with Gasteiger partial charge in [-0.25, -0.2) is 0 Å². The average Bonchev–Trinajstić information content (AvgIpc) is 3.27. The molecule has 0 spiro atoms. The third kappa shape index (κ3) is 4.92. The maximum absolute atomic E-state index is 13.6. The molecule has 0 fully saturated rings. The molecule has 2 aromatic heterocycles. The topological polar surface area (TPSA) is 83.2 Å². The van der Waals surface area contributed by atoms with E-state index < -0.39 is 21.8 Å². The summed E-state index contributed by atoms with van der Waals surface area (Å²) in [5, 5.41) is 4.45. The van der Waals surface area contributed by atoms with Crippen molar-refractivity contribution in [2.45, 2.75) is 24.9 Å². The maximum Gasteiger partial charge on any atom is 0.416 e. The number of nitrogens with zero attached hydrogens (tertiary/aromatic N) is 3. The first-order valence-electron chi connectivity index (χ1n) is 11.7.